The van der Waals surface area contributed by atoms with Gasteiger partial charge in [-0.25, -0.2) is 0 Å². The van der Waals surface area contributed by atoms with Crippen LogP contribution in [0.5, 0.6) is 28.7 Å². The highest BCUT2D eigenvalue weighted by atomic mass is 16.5. The molecule has 1 aliphatic heterocycles. The van der Waals surface area contributed by atoms with E-state index in [1.807, 2.05) is 0 Å². The quantitative estimate of drug-likeness (QED) is 0.499. The minimum absolute atomic E-state index is 0.177. The molecule has 0 bridgehead atoms. The van der Waals surface area contributed by atoms with Crippen LogP contribution in [-0.2, 0) is 4.79 Å². The van der Waals surface area contributed by atoms with Crippen molar-refractivity contribution >= 4 is 23.5 Å². The summed E-state index contributed by atoms with van der Waals surface area (Å²) in [6.07, 6.45) is 1.63. The lowest BCUT2D eigenvalue weighted by Gasteiger charge is -2.09. The molecular weight excluding hydrogens is 438 g/mol. The van der Waals surface area contributed by atoms with Gasteiger partial charge in [-0.3, -0.25) is 9.59 Å². The van der Waals surface area contributed by atoms with Crippen molar-refractivity contribution in [2.75, 3.05) is 33.3 Å². The summed E-state index contributed by atoms with van der Waals surface area (Å²) in [5.41, 5.74) is 1.77. The highest BCUT2D eigenvalue weighted by Crippen LogP contribution is 2.36. The summed E-state index contributed by atoms with van der Waals surface area (Å²) in [5, 5.41) is 2.74. The SMILES string of the molecule is COc1ccc(NC(=O)COc2ccc3c(c2)OC(=Cc2ccc(OC)c(OC)c2)C3=O)cc1. The number of fused-ring (bicyclic) bond motifs is 1. The third-order valence-electron chi connectivity index (χ3n) is 5.09. The van der Waals surface area contributed by atoms with Crippen molar-refractivity contribution in [1.29, 1.82) is 0 Å². The van der Waals surface area contributed by atoms with E-state index < -0.39 is 0 Å². The fraction of sp³-hybridized carbons (Fsp3) is 0.154. The van der Waals surface area contributed by atoms with Crippen LogP contribution in [0.15, 0.2) is 66.4 Å². The normalized spacial score (nSPS) is 13.1. The maximum atomic E-state index is 12.7. The number of carbonyl (C=O) groups is 2. The van der Waals surface area contributed by atoms with Crippen LogP contribution < -0.4 is 29.0 Å². The Balaban J connectivity index is 1.41. The van der Waals surface area contributed by atoms with Crippen LogP contribution in [0.25, 0.3) is 6.08 Å². The van der Waals surface area contributed by atoms with Crippen LogP contribution in [0.2, 0.25) is 0 Å². The van der Waals surface area contributed by atoms with Gasteiger partial charge in [0.2, 0.25) is 5.78 Å². The third-order valence-corrected chi connectivity index (χ3v) is 5.09. The van der Waals surface area contributed by atoms with Crippen molar-refractivity contribution in [2.45, 2.75) is 0 Å². The molecule has 34 heavy (non-hydrogen) atoms. The molecule has 8 heteroatoms. The maximum Gasteiger partial charge on any atom is 0.262 e. The number of ether oxygens (including phenoxy) is 5. The second-order valence-corrected chi connectivity index (χ2v) is 7.28. The van der Waals surface area contributed by atoms with E-state index in [1.54, 1.807) is 88.1 Å². The number of anilines is 1. The predicted octanol–water partition coefficient (Wildman–Crippen LogP) is 4.35. The summed E-state index contributed by atoms with van der Waals surface area (Å²) < 4.78 is 27.0. The molecule has 3 aromatic carbocycles. The smallest absolute Gasteiger partial charge is 0.262 e. The summed E-state index contributed by atoms with van der Waals surface area (Å²) in [7, 11) is 4.67. The standard InChI is InChI=1S/C26H23NO7/c1-30-18-7-5-17(6-8-18)27-25(28)15-33-19-9-10-20-22(14-19)34-24(26(20)29)13-16-4-11-21(31-2)23(12-16)32-3/h4-14H,15H2,1-3H3,(H,27,28). The summed E-state index contributed by atoms with van der Waals surface area (Å²) in [4.78, 5) is 24.9. The number of Topliss-reactive ketones (excluding diaryl/α,β-unsaturated/α-hetero) is 1. The molecule has 1 aliphatic rings. The van der Waals surface area contributed by atoms with Gasteiger partial charge in [-0.15, -0.1) is 0 Å². The maximum absolute atomic E-state index is 12.7. The van der Waals surface area contributed by atoms with E-state index >= 15 is 0 Å². The summed E-state index contributed by atoms with van der Waals surface area (Å²) in [6, 6.07) is 17.1. The number of nitrogens with one attached hydrogen (secondary N) is 1. The van der Waals surface area contributed by atoms with E-state index in [-0.39, 0.29) is 24.1 Å². The molecular formula is C26H23NO7. The molecule has 0 saturated heterocycles. The molecule has 8 nitrogen and oxygen atoms in total. The van der Waals surface area contributed by atoms with Crippen molar-refractivity contribution in [2.24, 2.45) is 0 Å². The molecule has 0 aromatic heterocycles. The van der Waals surface area contributed by atoms with Crippen LogP contribution in [0.4, 0.5) is 5.69 Å². The number of allylic oxidation sites excluding steroid dienone is 1. The van der Waals surface area contributed by atoms with Gasteiger partial charge < -0.3 is 29.0 Å². The highest BCUT2D eigenvalue weighted by molar-refractivity contribution is 6.14. The summed E-state index contributed by atoms with van der Waals surface area (Å²) in [6.45, 7) is -0.201. The van der Waals surface area contributed by atoms with Crippen molar-refractivity contribution in [1.82, 2.24) is 0 Å². The molecule has 0 atom stereocenters. The average molecular weight is 461 g/mol. The first-order valence-electron chi connectivity index (χ1n) is 10.4. The number of carbonyl (C=O) groups excluding carboxylic acids is 2. The molecule has 0 spiro atoms. The first-order chi connectivity index (χ1) is 16.5. The van der Waals surface area contributed by atoms with E-state index in [9.17, 15) is 9.59 Å². The Morgan fingerprint density at radius 3 is 2.32 bits per heavy atom. The Kier molecular flexibility index (Phi) is 6.68. The van der Waals surface area contributed by atoms with Gasteiger partial charge in [-0.1, -0.05) is 6.07 Å². The van der Waals surface area contributed by atoms with E-state index in [1.165, 1.54) is 0 Å². The number of benzene rings is 3. The van der Waals surface area contributed by atoms with Crippen LogP contribution >= 0.6 is 0 Å². The van der Waals surface area contributed by atoms with Gasteiger partial charge in [0.05, 0.1) is 26.9 Å². The topological polar surface area (TPSA) is 92.3 Å². The van der Waals surface area contributed by atoms with E-state index in [0.717, 1.165) is 5.56 Å². The Bertz CT molecular complexity index is 1250. The molecule has 0 unspecified atom stereocenters. The number of rotatable bonds is 8. The largest absolute Gasteiger partial charge is 0.497 e. The van der Waals surface area contributed by atoms with Gasteiger partial charge in [0.1, 0.15) is 17.2 Å². The monoisotopic (exact) mass is 461 g/mol. The molecule has 4 rings (SSSR count). The zero-order valence-electron chi connectivity index (χ0n) is 18.9. The molecule has 0 radical (unpaired) electrons. The van der Waals surface area contributed by atoms with E-state index in [4.69, 9.17) is 23.7 Å². The number of amides is 1. The van der Waals surface area contributed by atoms with E-state index in [2.05, 4.69) is 5.32 Å². The summed E-state index contributed by atoms with van der Waals surface area (Å²) >= 11 is 0. The second-order valence-electron chi connectivity index (χ2n) is 7.28. The molecule has 174 valence electrons. The van der Waals surface area contributed by atoms with Gasteiger partial charge in [0, 0.05) is 11.8 Å². The predicted molar refractivity (Wildman–Crippen MR) is 126 cm³/mol. The van der Waals surface area contributed by atoms with Crippen molar-refractivity contribution < 1.29 is 33.3 Å². The van der Waals surface area contributed by atoms with E-state index in [0.29, 0.717) is 40.0 Å². The lowest BCUT2D eigenvalue weighted by atomic mass is 10.1. The van der Waals surface area contributed by atoms with Crippen LogP contribution in [0.1, 0.15) is 15.9 Å². The van der Waals surface area contributed by atoms with Gasteiger partial charge in [-0.2, -0.15) is 0 Å². The highest BCUT2D eigenvalue weighted by Gasteiger charge is 2.28. The van der Waals surface area contributed by atoms with Crippen LogP contribution in [-0.4, -0.2) is 39.6 Å². The Morgan fingerprint density at radius 2 is 1.62 bits per heavy atom. The van der Waals surface area contributed by atoms with Gasteiger partial charge in [0.25, 0.3) is 5.91 Å². The zero-order chi connectivity index (χ0) is 24.1. The molecule has 0 fully saturated rings. The molecule has 1 amide bonds. The fourth-order valence-electron chi connectivity index (χ4n) is 3.37. The number of ketones is 1. The fourth-order valence-corrected chi connectivity index (χ4v) is 3.37. The Morgan fingerprint density at radius 1 is 0.882 bits per heavy atom. The third kappa shape index (κ3) is 4.96. The molecule has 0 aliphatic carbocycles. The van der Waals surface area contributed by atoms with Crippen molar-refractivity contribution in [3.8, 4) is 28.7 Å². The number of hydrogen-bond donors (Lipinski definition) is 1. The molecule has 1 heterocycles. The minimum Gasteiger partial charge on any atom is -0.497 e. The Labute approximate surface area is 196 Å². The minimum atomic E-state index is -0.323. The first-order valence-corrected chi connectivity index (χ1v) is 10.4. The summed E-state index contributed by atoms with van der Waals surface area (Å²) in [5.74, 6) is 2.21. The Hall–Kier alpha value is -4.46. The van der Waals surface area contributed by atoms with Gasteiger partial charge in [0.15, 0.2) is 23.9 Å². The first kappa shape index (κ1) is 22.7. The molecule has 1 N–H and O–H groups in total. The van der Waals surface area contributed by atoms with Gasteiger partial charge in [-0.05, 0) is 60.2 Å². The van der Waals surface area contributed by atoms with Crippen molar-refractivity contribution in [3.05, 3.63) is 77.5 Å². The van der Waals surface area contributed by atoms with Gasteiger partial charge >= 0.3 is 0 Å². The lowest BCUT2D eigenvalue weighted by Crippen LogP contribution is -2.20. The number of hydrogen-bond acceptors (Lipinski definition) is 7. The molecule has 0 saturated carbocycles. The zero-order valence-corrected chi connectivity index (χ0v) is 18.9. The van der Waals surface area contributed by atoms with Crippen LogP contribution in [0, 0.1) is 0 Å². The molecule has 3 aromatic rings. The lowest BCUT2D eigenvalue weighted by molar-refractivity contribution is -0.118. The number of methoxy groups -OCH3 is 3. The second kappa shape index (κ2) is 9.99. The average Bonchev–Trinajstić information content (AvgIpc) is 3.17. The van der Waals surface area contributed by atoms with Crippen LogP contribution in [0.3, 0.4) is 0 Å². The van der Waals surface area contributed by atoms with Crippen molar-refractivity contribution in [3.63, 3.8) is 0 Å².